The molecule has 96 valence electrons. The smallest absolute Gasteiger partial charge is 0.451 e. The number of aliphatic carboxylic acids is 1. The van der Waals surface area contributed by atoms with Crippen molar-refractivity contribution in [3.05, 3.63) is 0 Å². The fourth-order valence-electron chi connectivity index (χ4n) is 3.32. The summed E-state index contributed by atoms with van der Waals surface area (Å²) in [6.07, 6.45) is 3.24. The minimum absolute atomic E-state index is 0.113. The Labute approximate surface area is 100 Å². The molecule has 6 nitrogen and oxygen atoms in total. The number of carbonyl (C=O) groups is 1. The Morgan fingerprint density at radius 3 is 2.76 bits per heavy atom. The van der Waals surface area contributed by atoms with Crippen molar-refractivity contribution in [1.29, 1.82) is 0 Å². The first-order chi connectivity index (χ1) is 7.96. The molecule has 6 N–H and O–H groups in total. The molecular weight excluding hydrogens is 223 g/mol. The third kappa shape index (κ3) is 2.08. The van der Waals surface area contributed by atoms with Crippen molar-refractivity contribution in [2.24, 2.45) is 11.7 Å². The van der Waals surface area contributed by atoms with E-state index in [1.165, 1.54) is 0 Å². The normalized spacial score (nSPS) is 39.6. The molecule has 0 radical (unpaired) electrons. The largest absolute Gasteiger partial charge is 0.480 e. The zero-order valence-electron chi connectivity index (χ0n) is 9.67. The van der Waals surface area contributed by atoms with Crippen LogP contribution in [0.15, 0.2) is 0 Å². The minimum atomic E-state index is -1.32. The molecule has 0 aromatic carbocycles. The van der Waals surface area contributed by atoms with E-state index in [-0.39, 0.29) is 24.3 Å². The molecule has 7 heteroatoms. The first kappa shape index (κ1) is 12.8. The van der Waals surface area contributed by atoms with Gasteiger partial charge in [0.1, 0.15) is 5.54 Å². The van der Waals surface area contributed by atoms with E-state index < -0.39 is 18.6 Å². The van der Waals surface area contributed by atoms with E-state index in [9.17, 15) is 9.90 Å². The maximum absolute atomic E-state index is 11.4. The van der Waals surface area contributed by atoms with Crippen molar-refractivity contribution in [3.8, 4) is 0 Å². The van der Waals surface area contributed by atoms with Crippen LogP contribution in [0.3, 0.4) is 0 Å². The maximum atomic E-state index is 11.4. The summed E-state index contributed by atoms with van der Waals surface area (Å²) in [6.45, 7) is 0. The predicted octanol–water partition coefficient (Wildman–Crippen LogP) is -1.23. The van der Waals surface area contributed by atoms with E-state index >= 15 is 0 Å². The summed E-state index contributed by atoms with van der Waals surface area (Å²) in [5, 5.41) is 30.1. The number of rotatable bonds is 5. The third-order valence-corrected chi connectivity index (χ3v) is 4.21. The Kier molecular flexibility index (Phi) is 3.44. The molecule has 0 amide bonds. The van der Waals surface area contributed by atoms with Crippen molar-refractivity contribution in [2.75, 3.05) is 0 Å². The zero-order chi connectivity index (χ0) is 12.6. The highest BCUT2D eigenvalue weighted by Gasteiger charge is 2.60. The standard InChI is InChI=1S/C10H19BN2O4/c12-10(9(14)15)6(2-1-5-11(16)17)7-3-4-8(10)13-7/h6-8,13,16-17H,1-5,12H2,(H,14,15)/t6-,7+,8?,10-/m0/s1. The van der Waals surface area contributed by atoms with Crippen LogP contribution in [0.1, 0.15) is 25.7 Å². The highest BCUT2D eigenvalue weighted by Crippen LogP contribution is 2.42. The second kappa shape index (κ2) is 4.57. The molecule has 1 unspecified atom stereocenters. The Morgan fingerprint density at radius 2 is 2.18 bits per heavy atom. The summed E-state index contributed by atoms with van der Waals surface area (Å²) in [5.41, 5.74) is 4.87. The van der Waals surface area contributed by atoms with Crippen LogP contribution < -0.4 is 11.1 Å². The van der Waals surface area contributed by atoms with Gasteiger partial charge in [-0.3, -0.25) is 4.79 Å². The lowest BCUT2D eigenvalue weighted by Crippen LogP contribution is -2.61. The highest BCUT2D eigenvalue weighted by molar-refractivity contribution is 6.40. The van der Waals surface area contributed by atoms with Crippen LogP contribution in [0.2, 0.25) is 6.32 Å². The van der Waals surface area contributed by atoms with Crippen molar-refractivity contribution >= 4 is 13.1 Å². The molecule has 17 heavy (non-hydrogen) atoms. The van der Waals surface area contributed by atoms with Crippen LogP contribution in [0, 0.1) is 5.92 Å². The van der Waals surface area contributed by atoms with Gasteiger partial charge in [-0.1, -0.05) is 6.42 Å². The molecule has 0 spiro atoms. The molecule has 2 bridgehead atoms. The first-order valence-corrected chi connectivity index (χ1v) is 6.10. The molecule has 2 fully saturated rings. The van der Waals surface area contributed by atoms with Gasteiger partial charge in [0.2, 0.25) is 0 Å². The fraction of sp³-hybridized carbons (Fsp3) is 0.900. The van der Waals surface area contributed by atoms with Gasteiger partial charge in [-0.05, 0) is 25.6 Å². The summed E-state index contributed by atoms with van der Waals surface area (Å²) in [7, 11) is -1.32. The molecule has 0 aromatic heterocycles. The number of hydrogen-bond donors (Lipinski definition) is 5. The molecule has 0 saturated carbocycles. The van der Waals surface area contributed by atoms with Crippen molar-refractivity contribution in [2.45, 2.75) is 49.6 Å². The second-order valence-corrected chi connectivity index (χ2v) is 5.16. The van der Waals surface area contributed by atoms with Gasteiger partial charge in [0.15, 0.2) is 0 Å². The van der Waals surface area contributed by atoms with E-state index in [1.807, 2.05) is 0 Å². The van der Waals surface area contributed by atoms with E-state index in [4.69, 9.17) is 15.8 Å². The van der Waals surface area contributed by atoms with Crippen LogP contribution in [0.4, 0.5) is 0 Å². The van der Waals surface area contributed by atoms with Crippen molar-refractivity contribution in [3.63, 3.8) is 0 Å². The van der Waals surface area contributed by atoms with E-state index in [0.29, 0.717) is 12.8 Å². The fourth-order valence-corrected chi connectivity index (χ4v) is 3.32. The average molecular weight is 242 g/mol. The van der Waals surface area contributed by atoms with Gasteiger partial charge in [0.05, 0.1) is 0 Å². The molecule has 2 saturated heterocycles. The quantitative estimate of drug-likeness (QED) is 0.385. The molecule has 2 heterocycles. The molecule has 2 aliphatic rings. The van der Waals surface area contributed by atoms with Gasteiger partial charge in [-0.2, -0.15) is 0 Å². The van der Waals surface area contributed by atoms with Crippen molar-refractivity contribution < 1.29 is 19.9 Å². The highest BCUT2D eigenvalue weighted by atomic mass is 16.4. The average Bonchev–Trinajstić information content (AvgIpc) is 2.80. The van der Waals surface area contributed by atoms with Crippen molar-refractivity contribution in [1.82, 2.24) is 5.32 Å². The number of hydrogen-bond acceptors (Lipinski definition) is 5. The van der Waals surface area contributed by atoms with E-state index in [0.717, 1.165) is 12.8 Å². The Balaban J connectivity index is 2.01. The topological polar surface area (TPSA) is 116 Å². The molecule has 0 aromatic rings. The predicted molar refractivity (Wildman–Crippen MR) is 62.2 cm³/mol. The minimum Gasteiger partial charge on any atom is -0.480 e. The molecule has 4 atom stereocenters. The Hall–Kier alpha value is -0.625. The number of nitrogens with two attached hydrogens (primary N) is 1. The van der Waals surface area contributed by atoms with Gasteiger partial charge in [-0.25, -0.2) is 0 Å². The van der Waals surface area contributed by atoms with E-state index in [1.54, 1.807) is 0 Å². The van der Waals surface area contributed by atoms with Gasteiger partial charge in [0.25, 0.3) is 0 Å². The molecule has 0 aliphatic carbocycles. The van der Waals surface area contributed by atoms with Crippen LogP contribution in [-0.2, 0) is 4.79 Å². The van der Waals surface area contributed by atoms with Gasteiger partial charge in [0, 0.05) is 18.0 Å². The van der Waals surface area contributed by atoms with Gasteiger partial charge >= 0.3 is 13.1 Å². The summed E-state index contributed by atoms with van der Waals surface area (Å²) in [4.78, 5) is 11.4. The summed E-state index contributed by atoms with van der Waals surface area (Å²) >= 11 is 0. The third-order valence-electron chi connectivity index (χ3n) is 4.21. The van der Waals surface area contributed by atoms with Crippen LogP contribution in [0.25, 0.3) is 0 Å². The van der Waals surface area contributed by atoms with Crippen LogP contribution in [-0.4, -0.2) is 45.9 Å². The summed E-state index contributed by atoms with van der Waals surface area (Å²) in [5.74, 6) is -1.07. The lowest BCUT2D eigenvalue weighted by molar-refractivity contribution is -0.146. The maximum Gasteiger partial charge on any atom is 0.451 e. The number of fused-ring (bicyclic) bond motifs is 2. The summed E-state index contributed by atoms with van der Waals surface area (Å²) < 4.78 is 0. The first-order valence-electron chi connectivity index (χ1n) is 6.10. The molecule has 2 rings (SSSR count). The zero-order valence-corrected chi connectivity index (χ0v) is 9.67. The lowest BCUT2D eigenvalue weighted by atomic mass is 9.70. The van der Waals surface area contributed by atoms with Crippen LogP contribution >= 0.6 is 0 Å². The van der Waals surface area contributed by atoms with Crippen LogP contribution in [0.5, 0.6) is 0 Å². The van der Waals surface area contributed by atoms with Gasteiger partial charge in [-0.15, -0.1) is 0 Å². The van der Waals surface area contributed by atoms with Gasteiger partial charge < -0.3 is 26.2 Å². The molecule has 2 aliphatic heterocycles. The monoisotopic (exact) mass is 242 g/mol. The number of carboxylic acids is 1. The Morgan fingerprint density at radius 1 is 1.47 bits per heavy atom. The molecular formula is C10H19BN2O4. The summed E-state index contributed by atoms with van der Waals surface area (Å²) in [6, 6.07) is 0.0194. The second-order valence-electron chi connectivity index (χ2n) is 5.16. The number of nitrogens with one attached hydrogen (secondary N) is 1. The lowest BCUT2D eigenvalue weighted by Gasteiger charge is -2.35. The van der Waals surface area contributed by atoms with E-state index in [2.05, 4.69) is 5.32 Å². The SMILES string of the molecule is N[C@]1(C(=O)O)C2CC[C@@H](N2)[C@@H]1CCCB(O)O. The Bertz CT molecular complexity index is 315. The number of carboxylic acid groups (broad SMARTS) is 1.